The molecule has 1 aromatic rings. The predicted octanol–water partition coefficient (Wildman–Crippen LogP) is 1.61. The minimum Gasteiger partial charge on any atom is -0.389 e. The first-order chi connectivity index (χ1) is 8.68. The van der Waals surface area contributed by atoms with Gasteiger partial charge in [0.25, 0.3) is 0 Å². The maximum atomic E-state index is 5.69. The van der Waals surface area contributed by atoms with Gasteiger partial charge >= 0.3 is 0 Å². The van der Waals surface area contributed by atoms with Gasteiger partial charge in [0.15, 0.2) is 0 Å². The molecule has 0 saturated carbocycles. The average Bonchev–Trinajstić information content (AvgIpc) is 2.38. The number of aromatic nitrogens is 1. The Morgan fingerprint density at radius 1 is 1.61 bits per heavy atom. The summed E-state index contributed by atoms with van der Waals surface area (Å²) in [4.78, 5) is 7.11. The summed E-state index contributed by atoms with van der Waals surface area (Å²) < 4.78 is 0. The van der Waals surface area contributed by atoms with E-state index < -0.39 is 0 Å². The quantitative estimate of drug-likeness (QED) is 0.809. The molecule has 1 aliphatic rings. The van der Waals surface area contributed by atoms with Gasteiger partial charge in [0.2, 0.25) is 0 Å². The highest BCUT2D eigenvalue weighted by Crippen LogP contribution is 2.17. The van der Waals surface area contributed by atoms with Crippen LogP contribution in [-0.2, 0) is 0 Å². The summed E-state index contributed by atoms with van der Waals surface area (Å²) in [7, 11) is 2.18. The van der Waals surface area contributed by atoms with Crippen LogP contribution in [0.15, 0.2) is 18.3 Å². The van der Waals surface area contributed by atoms with Crippen LogP contribution in [0.4, 0.5) is 5.82 Å². The number of thiocarbonyl (C=S) groups is 1. The second-order valence-electron chi connectivity index (χ2n) is 4.77. The Balaban J connectivity index is 1.99. The highest BCUT2D eigenvalue weighted by Gasteiger charge is 2.19. The van der Waals surface area contributed by atoms with Gasteiger partial charge in [-0.05, 0) is 38.6 Å². The standard InChI is InChI=1S/C13H20N4S/c1-17-8-3-2-5-10(17)9-16-13-11(12(14)18)6-4-7-15-13/h4,6-7,10H,2-3,5,8-9H2,1H3,(H2,14,18)(H,15,16). The lowest BCUT2D eigenvalue weighted by molar-refractivity contribution is 0.194. The van der Waals surface area contributed by atoms with Crippen molar-refractivity contribution in [3.63, 3.8) is 0 Å². The van der Waals surface area contributed by atoms with E-state index in [2.05, 4.69) is 22.2 Å². The number of hydrogen-bond acceptors (Lipinski definition) is 4. The number of anilines is 1. The summed E-state index contributed by atoms with van der Waals surface area (Å²) in [5.74, 6) is 0.795. The molecular formula is C13H20N4S. The summed E-state index contributed by atoms with van der Waals surface area (Å²) in [5.41, 5.74) is 6.52. The first kappa shape index (κ1) is 13.2. The van der Waals surface area contributed by atoms with Crippen LogP contribution in [0.5, 0.6) is 0 Å². The molecule has 1 aliphatic heterocycles. The SMILES string of the molecule is CN1CCCCC1CNc1ncccc1C(N)=S. The third-order valence-corrected chi connectivity index (χ3v) is 3.72. The number of nitrogens with one attached hydrogen (secondary N) is 1. The number of likely N-dealkylation sites (N-methyl/N-ethyl adjacent to an activating group) is 1. The zero-order valence-electron chi connectivity index (χ0n) is 10.7. The Bertz CT molecular complexity index is 421. The fourth-order valence-corrected chi connectivity index (χ4v) is 2.53. The van der Waals surface area contributed by atoms with Gasteiger partial charge in [-0.15, -0.1) is 0 Å². The summed E-state index contributed by atoms with van der Waals surface area (Å²) in [5, 5.41) is 3.37. The van der Waals surface area contributed by atoms with Crippen LogP contribution in [0, 0.1) is 0 Å². The van der Waals surface area contributed by atoms with Crippen LogP contribution in [-0.4, -0.2) is 41.1 Å². The largest absolute Gasteiger partial charge is 0.389 e. The zero-order valence-corrected chi connectivity index (χ0v) is 11.5. The molecule has 4 nitrogen and oxygen atoms in total. The smallest absolute Gasteiger partial charge is 0.136 e. The van der Waals surface area contributed by atoms with Gasteiger partial charge in [0, 0.05) is 18.8 Å². The van der Waals surface area contributed by atoms with E-state index >= 15 is 0 Å². The molecule has 3 N–H and O–H groups in total. The van der Waals surface area contributed by atoms with Gasteiger partial charge in [-0.1, -0.05) is 18.6 Å². The molecule has 1 fully saturated rings. The van der Waals surface area contributed by atoms with E-state index in [1.807, 2.05) is 12.1 Å². The molecule has 1 saturated heterocycles. The van der Waals surface area contributed by atoms with Gasteiger partial charge in [-0.25, -0.2) is 4.98 Å². The van der Waals surface area contributed by atoms with Crippen LogP contribution >= 0.6 is 12.2 Å². The molecular weight excluding hydrogens is 244 g/mol. The maximum Gasteiger partial charge on any atom is 0.136 e. The third-order valence-electron chi connectivity index (χ3n) is 3.50. The number of piperidine rings is 1. The molecule has 98 valence electrons. The van der Waals surface area contributed by atoms with Gasteiger partial charge in [0.1, 0.15) is 10.8 Å². The Hall–Kier alpha value is -1.20. The Morgan fingerprint density at radius 3 is 3.17 bits per heavy atom. The second-order valence-corrected chi connectivity index (χ2v) is 5.21. The molecule has 18 heavy (non-hydrogen) atoms. The number of pyridine rings is 1. The number of hydrogen-bond donors (Lipinski definition) is 2. The lowest BCUT2D eigenvalue weighted by atomic mass is 10.0. The van der Waals surface area contributed by atoms with E-state index in [1.54, 1.807) is 6.20 Å². The number of likely N-dealkylation sites (tertiary alicyclic amines) is 1. The number of rotatable bonds is 4. The highest BCUT2D eigenvalue weighted by molar-refractivity contribution is 7.80. The number of nitrogens with zero attached hydrogens (tertiary/aromatic N) is 2. The fraction of sp³-hybridized carbons (Fsp3) is 0.538. The molecule has 2 heterocycles. The van der Waals surface area contributed by atoms with Crippen molar-refractivity contribution in [3.8, 4) is 0 Å². The Labute approximate surface area is 114 Å². The van der Waals surface area contributed by atoms with Gasteiger partial charge in [-0.3, -0.25) is 0 Å². The van der Waals surface area contributed by atoms with Crippen LogP contribution in [0.2, 0.25) is 0 Å². The second kappa shape index (κ2) is 6.11. The molecule has 0 radical (unpaired) electrons. The minimum absolute atomic E-state index is 0.391. The van der Waals surface area contributed by atoms with Crippen molar-refractivity contribution in [3.05, 3.63) is 23.9 Å². The van der Waals surface area contributed by atoms with Crippen molar-refractivity contribution in [1.29, 1.82) is 0 Å². The molecule has 1 unspecified atom stereocenters. The van der Waals surface area contributed by atoms with Crippen molar-refractivity contribution in [2.75, 3.05) is 25.5 Å². The molecule has 0 aromatic carbocycles. The first-order valence-electron chi connectivity index (χ1n) is 6.37. The van der Waals surface area contributed by atoms with Crippen LogP contribution < -0.4 is 11.1 Å². The van der Waals surface area contributed by atoms with Crippen molar-refractivity contribution in [2.45, 2.75) is 25.3 Å². The third kappa shape index (κ3) is 3.17. The summed E-state index contributed by atoms with van der Waals surface area (Å²) >= 11 is 5.03. The molecule has 0 spiro atoms. The summed E-state index contributed by atoms with van der Waals surface area (Å²) in [6.45, 7) is 2.07. The maximum absolute atomic E-state index is 5.69. The lowest BCUT2D eigenvalue weighted by Crippen LogP contribution is -2.41. The molecule has 1 aromatic heterocycles. The van der Waals surface area contributed by atoms with E-state index in [0.29, 0.717) is 11.0 Å². The van der Waals surface area contributed by atoms with Crippen LogP contribution in [0.3, 0.4) is 0 Å². The van der Waals surface area contributed by atoms with Gasteiger partial charge < -0.3 is 16.0 Å². The van der Waals surface area contributed by atoms with E-state index in [1.165, 1.54) is 25.8 Å². The topological polar surface area (TPSA) is 54.2 Å². The average molecular weight is 264 g/mol. The molecule has 2 rings (SSSR count). The Kier molecular flexibility index (Phi) is 4.49. The molecule has 0 bridgehead atoms. The van der Waals surface area contributed by atoms with Crippen molar-refractivity contribution in [1.82, 2.24) is 9.88 Å². The zero-order chi connectivity index (χ0) is 13.0. The monoisotopic (exact) mass is 264 g/mol. The van der Waals surface area contributed by atoms with E-state index in [9.17, 15) is 0 Å². The Morgan fingerprint density at radius 2 is 2.44 bits per heavy atom. The molecule has 0 aliphatic carbocycles. The van der Waals surface area contributed by atoms with Crippen LogP contribution in [0.25, 0.3) is 0 Å². The van der Waals surface area contributed by atoms with Gasteiger partial charge in [0.05, 0.1) is 5.56 Å². The summed E-state index contributed by atoms with van der Waals surface area (Å²) in [6, 6.07) is 4.33. The van der Waals surface area contributed by atoms with E-state index in [4.69, 9.17) is 18.0 Å². The number of nitrogens with two attached hydrogens (primary N) is 1. The highest BCUT2D eigenvalue weighted by atomic mass is 32.1. The van der Waals surface area contributed by atoms with E-state index in [0.717, 1.165) is 17.9 Å². The fourth-order valence-electron chi connectivity index (χ4n) is 2.36. The molecule has 1 atom stereocenters. The van der Waals surface area contributed by atoms with Crippen molar-refractivity contribution in [2.24, 2.45) is 5.73 Å². The molecule has 0 amide bonds. The normalized spacial score (nSPS) is 20.6. The predicted molar refractivity (Wildman–Crippen MR) is 78.9 cm³/mol. The first-order valence-corrected chi connectivity index (χ1v) is 6.78. The van der Waals surface area contributed by atoms with Crippen molar-refractivity contribution < 1.29 is 0 Å². The lowest BCUT2D eigenvalue weighted by Gasteiger charge is -2.32. The van der Waals surface area contributed by atoms with Crippen molar-refractivity contribution >= 4 is 23.0 Å². The van der Waals surface area contributed by atoms with Crippen LogP contribution in [0.1, 0.15) is 24.8 Å². The molecule has 5 heteroatoms. The summed E-state index contributed by atoms with van der Waals surface area (Å²) in [6.07, 6.45) is 5.60. The minimum atomic E-state index is 0.391. The van der Waals surface area contributed by atoms with E-state index in [-0.39, 0.29) is 0 Å². The van der Waals surface area contributed by atoms with Gasteiger partial charge in [-0.2, -0.15) is 0 Å².